The van der Waals surface area contributed by atoms with Gasteiger partial charge in [-0.15, -0.1) is 0 Å². The maximum atomic E-state index is 13.0. The third kappa shape index (κ3) is 5.73. The van der Waals surface area contributed by atoms with Crippen LogP contribution < -0.4 is 0 Å². The van der Waals surface area contributed by atoms with E-state index >= 15 is 0 Å². The van der Waals surface area contributed by atoms with Crippen LogP contribution in [0.5, 0.6) is 0 Å². The lowest BCUT2D eigenvalue weighted by molar-refractivity contribution is -0.137. The molecule has 0 bridgehead atoms. The summed E-state index contributed by atoms with van der Waals surface area (Å²) in [4.78, 5) is 2.31. The number of rotatable bonds is 6. The Bertz CT molecular complexity index is 839. The number of hydrogen-bond acceptors (Lipinski definition) is 4. The first-order valence-electron chi connectivity index (χ1n) is 9.51. The molecular formula is C21H23F4NO3S. The monoisotopic (exact) mass is 445 g/mol. The second kappa shape index (κ2) is 9.23. The topological polar surface area (TPSA) is 66.8 Å². The normalized spacial score (nSPS) is 19.4. The molecule has 1 saturated heterocycles. The van der Waals surface area contributed by atoms with Crippen LogP contribution >= 0.6 is 0 Å². The van der Waals surface area contributed by atoms with E-state index in [0.717, 1.165) is 12.1 Å². The van der Waals surface area contributed by atoms with Crippen molar-refractivity contribution >= 4 is 11.2 Å². The first kappa shape index (κ1) is 23.0. The molecule has 164 valence electrons. The summed E-state index contributed by atoms with van der Waals surface area (Å²) in [5.74, 6) is -0.446. The Morgan fingerprint density at radius 1 is 1.10 bits per heavy atom. The van der Waals surface area contributed by atoms with Crippen molar-refractivity contribution in [1.29, 1.82) is 0 Å². The minimum absolute atomic E-state index is 0.0139. The van der Waals surface area contributed by atoms with Crippen molar-refractivity contribution in [2.75, 3.05) is 25.4 Å². The van der Waals surface area contributed by atoms with E-state index in [0.29, 0.717) is 18.0 Å². The van der Waals surface area contributed by atoms with Gasteiger partial charge in [-0.1, -0.05) is 12.1 Å². The summed E-state index contributed by atoms with van der Waals surface area (Å²) in [7, 11) is 0. The molecular weight excluding hydrogens is 422 g/mol. The fourth-order valence-electron chi connectivity index (χ4n) is 3.59. The Hall–Kier alpha value is -1.65. The van der Waals surface area contributed by atoms with Gasteiger partial charge in [-0.3, -0.25) is 0 Å². The molecule has 0 amide bonds. The van der Waals surface area contributed by atoms with Gasteiger partial charge in [0.1, 0.15) is 17.7 Å². The van der Waals surface area contributed by atoms with Crippen molar-refractivity contribution in [2.24, 2.45) is 0 Å². The summed E-state index contributed by atoms with van der Waals surface area (Å²) >= 11 is -1.48. The maximum Gasteiger partial charge on any atom is 0.416 e. The first-order chi connectivity index (χ1) is 14.1. The molecule has 30 heavy (non-hydrogen) atoms. The van der Waals surface area contributed by atoms with Crippen LogP contribution in [0.25, 0.3) is 0 Å². The van der Waals surface area contributed by atoms with Gasteiger partial charge in [0, 0.05) is 19.6 Å². The largest absolute Gasteiger partial charge is 0.611 e. The second-order valence-electron chi connectivity index (χ2n) is 7.53. The highest BCUT2D eigenvalue weighted by Gasteiger charge is 2.37. The van der Waals surface area contributed by atoms with Crippen LogP contribution in [0.4, 0.5) is 17.6 Å². The summed E-state index contributed by atoms with van der Waals surface area (Å²) in [5.41, 5.74) is -1.93. The van der Waals surface area contributed by atoms with Crippen molar-refractivity contribution in [1.82, 2.24) is 4.90 Å². The Labute approximate surface area is 175 Å². The third-order valence-corrected chi connectivity index (χ3v) is 6.79. The van der Waals surface area contributed by atoms with E-state index < -0.39 is 40.4 Å². The van der Waals surface area contributed by atoms with Crippen LogP contribution in [0.1, 0.15) is 24.0 Å². The Kier molecular flexibility index (Phi) is 7.09. The lowest BCUT2D eigenvalue weighted by Crippen LogP contribution is -2.46. The van der Waals surface area contributed by atoms with Crippen LogP contribution in [0.2, 0.25) is 0 Å². The summed E-state index contributed by atoms with van der Waals surface area (Å²) < 4.78 is 64.1. The van der Waals surface area contributed by atoms with Gasteiger partial charge in [-0.05, 0) is 66.0 Å². The van der Waals surface area contributed by atoms with Crippen molar-refractivity contribution < 1.29 is 32.3 Å². The van der Waals surface area contributed by atoms with Crippen LogP contribution in [0.3, 0.4) is 0 Å². The molecule has 0 spiro atoms. The number of nitrogens with zero attached hydrogens (tertiary/aromatic N) is 1. The molecule has 4 nitrogen and oxygen atoms in total. The molecule has 2 aromatic carbocycles. The number of benzene rings is 2. The number of alkyl halides is 3. The SMILES string of the molecule is [O-][S+](CC(O)CN1CCC(O)(c2cccc(C(F)(F)F)c2)CC1)c1ccc(F)cc1. The Balaban J connectivity index is 1.54. The number of piperidine rings is 1. The fraction of sp³-hybridized carbons (Fsp3) is 0.429. The number of hydrogen-bond donors (Lipinski definition) is 2. The minimum Gasteiger partial charge on any atom is -0.611 e. The summed E-state index contributed by atoms with van der Waals surface area (Å²) in [6.07, 6.45) is -4.92. The van der Waals surface area contributed by atoms with E-state index in [4.69, 9.17) is 0 Å². The summed E-state index contributed by atoms with van der Waals surface area (Å²) in [6, 6.07) is 9.97. The van der Waals surface area contributed by atoms with E-state index in [1.807, 2.05) is 4.90 Å². The zero-order valence-electron chi connectivity index (χ0n) is 16.1. The second-order valence-corrected chi connectivity index (χ2v) is 9.03. The predicted octanol–water partition coefficient (Wildman–Crippen LogP) is 3.30. The smallest absolute Gasteiger partial charge is 0.416 e. The highest BCUT2D eigenvalue weighted by molar-refractivity contribution is 7.91. The molecule has 2 unspecified atom stereocenters. The molecule has 3 rings (SSSR count). The van der Waals surface area contributed by atoms with E-state index in [2.05, 4.69) is 0 Å². The molecule has 0 aromatic heterocycles. The van der Waals surface area contributed by atoms with Gasteiger partial charge < -0.3 is 19.7 Å². The highest BCUT2D eigenvalue weighted by atomic mass is 32.2. The van der Waals surface area contributed by atoms with Gasteiger partial charge in [0.25, 0.3) is 0 Å². The van der Waals surface area contributed by atoms with E-state index in [1.165, 1.54) is 36.4 Å². The van der Waals surface area contributed by atoms with Gasteiger partial charge in [0.2, 0.25) is 0 Å². The maximum absolute atomic E-state index is 13.0. The summed E-state index contributed by atoms with van der Waals surface area (Å²) in [6.45, 7) is 0.992. The standard InChI is InChI=1S/C21H23F4NO3S/c22-17-4-6-19(7-5-17)30(29)14-18(27)13-26-10-8-20(28,9-11-26)15-2-1-3-16(12-15)21(23,24)25/h1-7,12,18,27-28H,8-11,13-14H2. The van der Waals surface area contributed by atoms with Crippen molar-refractivity contribution in [3.05, 3.63) is 65.5 Å². The molecule has 1 aliphatic rings. The van der Waals surface area contributed by atoms with E-state index in [1.54, 1.807) is 0 Å². The molecule has 9 heteroatoms. The highest BCUT2D eigenvalue weighted by Crippen LogP contribution is 2.36. The Morgan fingerprint density at radius 2 is 1.73 bits per heavy atom. The predicted molar refractivity (Wildman–Crippen MR) is 105 cm³/mol. The van der Waals surface area contributed by atoms with Crippen LogP contribution in [0, 0.1) is 5.82 Å². The minimum atomic E-state index is -4.47. The molecule has 0 saturated carbocycles. The van der Waals surface area contributed by atoms with Crippen LogP contribution in [-0.4, -0.2) is 51.2 Å². The van der Waals surface area contributed by atoms with Gasteiger partial charge in [0.15, 0.2) is 4.90 Å². The molecule has 2 atom stereocenters. The average Bonchev–Trinajstić information content (AvgIpc) is 2.70. The molecule has 0 aliphatic carbocycles. The van der Waals surface area contributed by atoms with Gasteiger partial charge in [0.05, 0.1) is 11.2 Å². The molecule has 1 fully saturated rings. The van der Waals surface area contributed by atoms with Crippen molar-refractivity contribution in [3.8, 4) is 0 Å². The third-order valence-electron chi connectivity index (χ3n) is 5.30. The number of aliphatic hydroxyl groups is 2. The lowest BCUT2D eigenvalue weighted by atomic mass is 9.83. The first-order valence-corrected chi connectivity index (χ1v) is 10.8. The molecule has 1 aliphatic heterocycles. The fourth-order valence-corrected chi connectivity index (χ4v) is 4.67. The zero-order valence-corrected chi connectivity index (χ0v) is 16.9. The molecule has 1 heterocycles. The average molecular weight is 445 g/mol. The molecule has 0 radical (unpaired) electrons. The molecule has 2 N–H and O–H groups in total. The van der Waals surface area contributed by atoms with E-state index in [-0.39, 0.29) is 30.7 Å². The zero-order chi connectivity index (χ0) is 21.9. The van der Waals surface area contributed by atoms with Gasteiger partial charge in [-0.25, -0.2) is 4.39 Å². The van der Waals surface area contributed by atoms with Crippen molar-refractivity contribution in [2.45, 2.75) is 35.6 Å². The quantitative estimate of drug-likeness (QED) is 0.529. The number of halogens is 4. The van der Waals surface area contributed by atoms with E-state index in [9.17, 15) is 32.3 Å². The lowest BCUT2D eigenvalue weighted by Gasteiger charge is -2.39. The van der Waals surface area contributed by atoms with Crippen LogP contribution in [-0.2, 0) is 23.0 Å². The Morgan fingerprint density at radius 3 is 2.33 bits per heavy atom. The van der Waals surface area contributed by atoms with Gasteiger partial charge >= 0.3 is 6.18 Å². The van der Waals surface area contributed by atoms with Gasteiger partial charge in [-0.2, -0.15) is 13.2 Å². The van der Waals surface area contributed by atoms with Crippen molar-refractivity contribution in [3.63, 3.8) is 0 Å². The summed E-state index contributed by atoms with van der Waals surface area (Å²) in [5, 5.41) is 21.1. The number of likely N-dealkylation sites (tertiary alicyclic amines) is 1. The number of aliphatic hydroxyl groups excluding tert-OH is 1. The van der Waals surface area contributed by atoms with Crippen LogP contribution in [0.15, 0.2) is 53.4 Å². The molecule has 2 aromatic rings. The number of β-amino-alcohol motifs (C(OH)–C–C–N with tert-alkyl or cyclic N) is 1.